The van der Waals surface area contributed by atoms with Crippen molar-refractivity contribution in [1.82, 2.24) is 24.5 Å². The molecule has 0 radical (unpaired) electrons. The van der Waals surface area contributed by atoms with Gasteiger partial charge in [-0.3, -0.25) is 0 Å². The molecule has 3 aromatic heterocycles. The maximum absolute atomic E-state index is 4.44. The minimum atomic E-state index is 0.298. The number of nitrogens with zero attached hydrogens (tertiary/aromatic N) is 4. The Hall–Kier alpha value is -2.14. The third-order valence-electron chi connectivity index (χ3n) is 3.86. The van der Waals surface area contributed by atoms with Gasteiger partial charge in [0.25, 0.3) is 0 Å². The normalized spacial score (nSPS) is 12.9. The molecule has 0 aromatic carbocycles. The first-order valence-electron chi connectivity index (χ1n) is 7.41. The Kier molecular flexibility index (Phi) is 4.01. The van der Waals surface area contributed by atoms with Gasteiger partial charge < -0.3 is 9.88 Å². The summed E-state index contributed by atoms with van der Waals surface area (Å²) in [6, 6.07) is 6.47. The van der Waals surface area contributed by atoms with E-state index >= 15 is 0 Å². The molecule has 3 heterocycles. The van der Waals surface area contributed by atoms with E-state index < -0.39 is 0 Å². The molecule has 110 valence electrons. The van der Waals surface area contributed by atoms with Crippen LogP contribution in [0, 0.1) is 0 Å². The van der Waals surface area contributed by atoms with E-state index in [0.29, 0.717) is 6.04 Å². The molecule has 1 N–H and O–H groups in total. The van der Waals surface area contributed by atoms with Crippen LogP contribution in [0.1, 0.15) is 30.8 Å². The fraction of sp³-hybridized carbons (Fsp3) is 0.375. The second kappa shape index (κ2) is 6.10. The molecule has 0 spiro atoms. The van der Waals surface area contributed by atoms with Gasteiger partial charge in [0.15, 0.2) is 0 Å². The molecule has 0 aliphatic carbocycles. The SMILES string of the molecule is CCNC(CCc1nccn1C)c1cnn2ccccc12. The summed E-state index contributed by atoms with van der Waals surface area (Å²) in [6.07, 6.45) is 9.77. The Morgan fingerprint density at radius 2 is 2.19 bits per heavy atom. The van der Waals surface area contributed by atoms with Crippen molar-refractivity contribution in [3.05, 3.63) is 54.4 Å². The Morgan fingerprint density at radius 3 is 2.95 bits per heavy atom. The van der Waals surface area contributed by atoms with Crippen molar-refractivity contribution in [2.24, 2.45) is 7.05 Å². The summed E-state index contributed by atoms with van der Waals surface area (Å²) in [4.78, 5) is 4.41. The molecule has 0 amide bonds. The summed E-state index contributed by atoms with van der Waals surface area (Å²) in [5.41, 5.74) is 2.43. The molecular formula is C16H21N5. The first-order valence-corrected chi connectivity index (χ1v) is 7.41. The van der Waals surface area contributed by atoms with Gasteiger partial charge in [-0.1, -0.05) is 13.0 Å². The third kappa shape index (κ3) is 2.83. The van der Waals surface area contributed by atoms with E-state index in [1.165, 1.54) is 11.1 Å². The van der Waals surface area contributed by atoms with Gasteiger partial charge in [-0.2, -0.15) is 5.10 Å². The molecule has 3 aromatic rings. The predicted molar refractivity (Wildman–Crippen MR) is 83.1 cm³/mol. The standard InChI is InChI=1S/C16H21N5/c1-3-17-14(7-8-16-18-9-11-20(16)2)13-12-19-21-10-5-4-6-15(13)21/h4-6,9-12,14,17H,3,7-8H2,1-2H3. The zero-order valence-corrected chi connectivity index (χ0v) is 12.5. The zero-order valence-electron chi connectivity index (χ0n) is 12.5. The van der Waals surface area contributed by atoms with Crippen molar-refractivity contribution in [1.29, 1.82) is 0 Å². The van der Waals surface area contributed by atoms with Gasteiger partial charge in [-0.05, 0) is 25.1 Å². The van der Waals surface area contributed by atoms with Crippen molar-refractivity contribution < 1.29 is 0 Å². The van der Waals surface area contributed by atoms with E-state index in [1.807, 2.05) is 42.4 Å². The van der Waals surface area contributed by atoms with Gasteiger partial charge in [0.2, 0.25) is 0 Å². The molecule has 0 fully saturated rings. The van der Waals surface area contributed by atoms with Gasteiger partial charge in [-0.15, -0.1) is 0 Å². The van der Waals surface area contributed by atoms with Crippen LogP contribution in [0.3, 0.4) is 0 Å². The van der Waals surface area contributed by atoms with Crippen molar-refractivity contribution in [3.8, 4) is 0 Å². The van der Waals surface area contributed by atoms with E-state index in [9.17, 15) is 0 Å². The van der Waals surface area contributed by atoms with E-state index in [4.69, 9.17) is 0 Å². The second-order valence-electron chi connectivity index (χ2n) is 5.23. The fourth-order valence-electron chi connectivity index (χ4n) is 2.75. The zero-order chi connectivity index (χ0) is 14.7. The van der Waals surface area contributed by atoms with E-state index in [2.05, 4.69) is 39.0 Å². The Bertz CT molecular complexity index is 712. The molecule has 0 saturated carbocycles. The van der Waals surface area contributed by atoms with Gasteiger partial charge in [0, 0.05) is 43.7 Å². The summed E-state index contributed by atoms with van der Waals surface area (Å²) >= 11 is 0. The predicted octanol–water partition coefficient (Wildman–Crippen LogP) is 2.35. The number of fused-ring (bicyclic) bond motifs is 1. The minimum Gasteiger partial charge on any atom is -0.338 e. The average molecular weight is 283 g/mol. The van der Waals surface area contributed by atoms with Gasteiger partial charge >= 0.3 is 0 Å². The van der Waals surface area contributed by atoms with Gasteiger partial charge in [0.1, 0.15) is 5.82 Å². The van der Waals surface area contributed by atoms with Crippen LogP contribution >= 0.6 is 0 Å². The molecule has 1 unspecified atom stereocenters. The Balaban J connectivity index is 1.82. The molecule has 5 nitrogen and oxygen atoms in total. The van der Waals surface area contributed by atoms with Crippen molar-refractivity contribution in [2.45, 2.75) is 25.8 Å². The lowest BCUT2D eigenvalue weighted by atomic mass is 10.0. The topological polar surface area (TPSA) is 47.2 Å². The molecule has 0 saturated heterocycles. The van der Waals surface area contributed by atoms with Crippen LogP contribution in [0.25, 0.3) is 5.52 Å². The number of aryl methyl sites for hydroxylation is 2. The molecule has 3 rings (SSSR count). The highest BCUT2D eigenvalue weighted by atomic mass is 15.2. The quantitative estimate of drug-likeness (QED) is 0.755. The molecule has 0 aliphatic heterocycles. The monoisotopic (exact) mass is 283 g/mol. The number of nitrogens with one attached hydrogen (secondary N) is 1. The number of rotatable bonds is 6. The van der Waals surface area contributed by atoms with Crippen LogP contribution in [0.2, 0.25) is 0 Å². The Morgan fingerprint density at radius 1 is 1.29 bits per heavy atom. The lowest BCUT2D eigenvalue weighted by Crippen LogP contribution is -2.21. The maximum Gasteiger partial charge on any atom is 0.108 e. The largest absolute Gasteiger partial charge is 0.338 e. The summed E-state index contributed by atoms with van der Waals surface area (Å²) in [5.74, 6) is 1.12. The van der Waals surface area contributed by atoms with Crippen LogP contribution in [-0.4, -0.2) is 25.7 Å². The highest BCUT2D eigenvalue weighted by molar-refractivity contribution is 5.54. The first-order chi connectivity index (χ1) is 10.3. The maximum atomic E-state index is 4.44. The summed E-state index contributed by atoms with van der Waals surface area (Å²) in [5, 5.41) is 8.01. The van der Waals surface area contributed by atoms with E-state index in [-0.39, 0.29) is 0 Å². The molecule has 0 bridgehead atoms. The molecular weight excluding hydrogens is 262 g/mol. The van der Waals surface area contributed by atoms with Gasteiger partial charge in [-0.25, -0.2) is 9.50 Å². The van der Waals surface area contributed by atoms with Crippen LogP contribution in [0.15, 0.2) is 43.0 Å². The highest BCUT2D eigenvalue weighted by Gasteiger charge is 2.16. The highest BCUT2D eigenvalue weighted by Crippen LogP contribution is 2.23. The third-order valence-corrected chi connectivity index (χ3v) is 3.86. The molecule has 5 heteroatoms. The van der Waals surface area contributed by atoms with Crippen molar-refractivity contribution in [3.63, 3.8) is 0 Å². The minimum absolute atomic E-state index is 0.298. The van der Waals surface area contributed by atoms with Crippen LogP contribution in [-0.2, 0) is 13.5 Å². The van der Waals surface area contributed by atoms with Crippen LogP contribution in [0.4, 0.5) is 0 Å². The first kappa shape index (κ1) is 13.8. The van der Waals surface area contributed by atoms with Crippen molar-refractivity contribution in [2.75, 3.05) is 6.54 Å². The molecule has 1 atom stereocenters. The van der Waals surface area contributed by atoms with E-state index in [1.54, 1.807) is 0 Å². The summed E-state index contributed by atoms with van der Waals surface area (Å²) < 4.78 is 4.01. The molecule has 21 heavy (non-hydrogen) atoms. The number of hydrogen-bond donors (Lipinski definition) is 1. The summed E-state index contributed by atoms with van der Waals surface area (Å²) in [6.45, 7) is 3.08. The fourth-order valence-corrected chi connectivity index (χ4v) is 2.75. The second-order valence-corrected chi connectivity index (χ2v) is 5.23. The number of hydrogen-bond acceptors (Lipinski definition) is 3. The van der Waals surface area contributed by atoms with Crippen molar-refractivity contribution >= 4 is 5.52 Å². The number of pyridine rings is 1. The van der Waals surface area contributed by atoms with Crippen LogP contribution in [0.5, 0.6) is 0 Å². The smallest absolute Gasteiger partial charge is 0.108 e. The van der Waals surface area contributed by atoms with Crippen LogP contribution < -0.4 is 5.32 Å². The Labute approximate surface area is 124 Å². The van der Waals surface area contributed by atoms with E-state index in [0.717, 1.165) is 25.2 Å². The number of imidazole rings is 1. The number of aromatic nitrogens is 4. The average Bonchev–Trinajstić information content (AvgIpc) is 3.10. The molecule has 0 aliphatic rings. The summed E-state index contributed by atoms with van der Waals surface area (Å²) in [7, 11) is 2.04. The van der Waals surface area contributed by atoms with Gasteiger partial charge in [0.05, 0.1) is 11.7 Å². The lowest BCUT2D eigenvalue weighted by Gasteiger charge is -2.17. The lowest BCUT2D eigenvalue weighted by molar-refractivity contribution is 0.508.